The molecule has 0 aliphatic heterocycles. The van der Waals surface area contributed by atoms with Gasteiger partial charge in [-0.3, -0.25) is 14.7 Å². The van der Waals surface area contributed by atoms with Gasteiger partial charge in [-0.15, -0.1) is 5.10 Å². The van der Waals surface area contributed by atoms with Crippen molar-refractivity contribution in [3.8, 4) is 0 Å². The topological polar surface area (TPSA) is 100 Å². The van der Waals surface area contributed by atoms with E-state index in [0.717, 1.165) is 6.42 Å². The van der Waals surface area contributed by atoms with Crippen molar-refractivity contribution >= 4 is 17.7 Å². The highest BCUT2D eigenvalue weighted by molar-refractivity contribution is 7.99. The van der Waals surface area contributed by atoms with Gasteiger partial charge < -0.3 is 5.11 Å². The van der Waals surface area contributed by atoms with Crippen LogP contribution in [0.1, 0.15) is 40.5 Å². The van der Waals surface area contributed by atoms with Gasteiger partial charge in [-0.25, -0.2) is 9.89 Å². The molecule has 0 aliphatic carbocycles. The summed E-state index contributed by atoms with van der Waals surface area (Å²) in [6, 6.07) is 0.107. The lowest BCUT2D eigenvalue weighted by atomic mass is 9.95. The first-order chi connectivity index (χ1) is 9.80. The second kappa shape index (κ2) is 7.65. The second-order valence-corrected chi connectivity index (χ2v) is 6.51. The summed E-state index contributed by atoms with van der Waals surface area (Å²) in [7, 11) is 0. The Morgan fingerprint density at radius 1 is 1.57 bits per heavy atom. The number of thioether (sulfide) groups is 1. The summed E-state index contributed by atoms with van der Waals surface area (Å²) in [5.41, 5.74) is -1.14. The maximum atomic E-state index is 11.4. The van der Waals surface area contributed by atoms with Crippen molar-refractivity contribution < 1.29 is 9.90 Å². The highest BCUT2D eigenvalue weighted by Crippen LogP contribution is 2.19. The van der Waals surface area contributed by atoms with Crippen LogP contribution in [-0.2, 0) is 11.3 Å². The van der Waals surface area contributed by atoms with Crippen LogP contribution in [0.15, 0.2) is 9.95 Å². The summed E-state index contributed by atoms with van der Waals surface area (Å²) in [5, 5.41) is 19.5. The number of nitrogens with one attached hydrogen (secondary N) is 2. The number of aromatic nitrogens is 3. The number of hydrogen-bond acceptors (Lipinski definition) is 5. The van der Waals surface area contributed by atoms with E-state index in [4.69, 9.17) is 0 Å². The molecule has 1 atom stereocenters. The summed E-state index contributed by atoms with van der Waals surface area (Å²) in [6.45, 7) is 8.02. The molecule has 0 fully saturated rings. The fraction of sp³-hybridized carbons (Fsp3) is 0.769. The third-order valence-electron chi connectivity index (χ3n) is 3.17. The van der Waals surface area contributed by atoms with E-state index in [1.807, 2.05) is 20.8 Å². The normalized spacial score (nSPS) is 14.3. The highest BCUT2D eigenvalue weighted by atomic mass is 32.2. The molecular weight excluding hydrogens is 292 g/mol. The van der Waals surface area contributed by atoms with E-state index in [9.17, 15) is 14.7 Å². The molecule has 0 aromatic carbocycles. The molecule has 1 unspecified atom stereocenters. The van der Waals surface area contributed by atoms with Crippen LogP contribution in [0.25, 0.3) is 0 Å². The van der Waals surface area contributed by atoms with Gasteiger partial charge in [0, 0.05) is 18.3 Å². The molecule has 0 radical (unpaired) electrons. The third kappa shape index (κ3) is 4.89. The number of aliphatic carboxylic acids is 1. The lowest BCUT2D eigenvalue weighted by Gasteiger charge is -2.28. The minimum absolute atomic E-state index is 0.107. The quantitative estimate of drug-likeness (QED) is 0.469. The molecule has 0 amide bonds. The van der Waals surface area contributed by atoms with Crippen LogP contribution in [-0.4, -0.2) is 43.2 Å². The molecule has 120 valence electrons. The molecular formula is C13H24N4O3S. The predicted molar refractivity (Wildman–Crippen MR) is 82.8 cm³/mol. The molecule has 1 aromatic heterocycles. The van der Waals surface area contributed by atoms with E-state index in [1.54, 1.807) is 11.5 Å². The number of nitrogens with zero attached hydrogens (tertiary/aromatic N) is 2. The largest absolute Gasteiger partial charge is 0.480 e. The van der Waals surface area contributed by atoms with Gasteiger partial charge >= 0.3 is 11.7 Å². The number of H-pyrrole nitrogens is 1. The molecule has 0 saturated carbocycles. The number of hydrogen-bond donors (Lipinski definition) is 3. The van der Waals surface area contributed by atoms with E-state index in [-0.39, 0.29) is 11.7 Å². The summed E-state index contributed by atoms with van der Waals surface area (Å²) in [4.78, 5) is 22.8. The molecule has 1 aromatic rings. The molecule has 1 rings (SSSR count). The van der Waals surface area contributed by atoms with E-state index in [1.165, 1.54) is 11.8 Å². The van der Waals surface area contributed by atoms with Crippen LogP contribution in [0, 0.1) is 0 Å². The Hall–Kier alpha value is -1.28. The van der Waals surface area contributed by atoms with E-state index < -0.39 is 11.5 Å². The summed E-state index contributed by atoms with van der Waals surface area (Å²) in [6.07, 6.45) is 1.24. The average molecular weight is 316 g/mol. The van der Waals surface area contributed by atoms with Crippen molar-refractivity contribution in [2.45, 2.75) is 63.8 Å². The van der Waals surface area contributed by atoms with Crippen LogP contribution < -0.4 is 11.0 Å². The van der Waals surface area contributed by atoms with Gasteiger partial charge in [0.2, 0.25) is 0 Å². The summed E-state index contributed by atoms with van der Waals surface area (Å²) in [5.74, 6) is -0.126. The van der Waals surface area contributed by atoms with Gasteiger partial charge in [0.1, 0.15) is 5.54 Å². The van der Waals surface area contributed by atoms with Crippen LogP contribution in [0.5, 0.6) is 0 Å². The van der Waals surface area contributed by atoms with Gasteiger partial charge in [0.15, 0.2) is 5.16 Å². The standard InChI is InChI=1S/C13H24N4O3S/c1-5-17-11(20)15-16-12(17)21-8-6-7-13(4,10(18)19)14-9(2)3/h9,14H,5-8H2,1-4H3,(H,15,20)(H,18,19). The number of rotatable bonds is 9. The zero-order valence-corrected chi connectivity index (χ0v) is 13.8. The van der Waals surface area contributed by atoms with Crippen LogP contribution in [0.2, 0.25) is 0 Å². The van der Waals surface area contributed by atoms with Crippen molar-refractivity contribution in [2.75, 3.05) is 5.75 Å². The maximum Gasteiger partial charge on any atom is 0.343 e. The highest BCUT2D eigenvalue weighted by Gasteiger charge is 2.32. The summed E-state index contributed by atoms with van der Waals surface area (Å²) >= 11 is 1.46. The predicted octanol–water partition coefficient (Wildman–Crippen LogP) is 1.30. The molecule has 0 aliphatic rings. The van der Waals surface area contributed by atoms with Crippen molar-refractivity contribution in [1.29, 1.82) is 0 Å². The second-order valence-electron chi connectivity index (χ2n) is 5.44. The van der Waals surface area contributed by atoms with Crippen LogP contribution in [0.3, 0.4) is 0 Å². The van der Waals surface area contributed by atoms with Crippen molar-refractivity contribution in [1.82, 2.24) is 20.1 Å². The molecule has 8 heteroatoms. The fourth-order valence-corrected chi connectivity index (χ4v) is 3.11. The third-order valence-corrected chi connectivity index (χ3v) is 4.23. The molecule has 21 heavy (non-hydrogen) atoms. The Balaban J connectivity index is 2.51. The molecule has 0 spiro atoms. The monoisotopic (exact) mass is 316 g/mol. The zero-order chi connectivity index (χ0) is 16.0. The first-order valence-corrected chi connectivity index (χ1v) is 8.07. The van der Waals surface area contributed by atoms with Crippen LogP contribution >= 0.6 is 11.8 Å². The molecule has 7 nitrogen and oxygen atoms in total. The molecule has 3 N–H and O–H groups in total. The van der Waals surface area contributed by atoms with Crippen molar-refractivity contribution in [3.05, 3.63) is 10.5 Å². The molecule has 0 bridgehead atoms. The van der Waals surface area contributed by atoms with Crippen molar-refractivity contribution in [3.63, 3.8) is 0 Å². The van der Waals surface area contributed by atoms with E-state index >= 15 is 0 Å². The number of carboxylic acids is 1. The number of aromatic amines is 1. The lowest BCUT2D eigenvalue weighted by Crippen LogP contribution is -2.52. The first kappa shape index (κ1) is 17.8. The molecule has 1 heterocycles. The first-order valence-electron chi connectivity index (χ1n) is 7.09. The van der Waals surface area contributed by atoms with Crippen LogP contribution in [0.4, 0.5) is 0 Å². The minimum Gasteiger partial charge on any atom is -0.480 e. The maximum absolute atomic E-state index is 11.4. The van der Waals surface area contributed by atoms with Gasteiger partial charge in [0.25, 0.3) is 0 Å². The zero-order valence-electron chi connectivity index (χ0n) is 13.0. The summed E-state index contributed by atoms with van der Waals surface area (Å²) < 4.78 is 1.56. The van der Waals surface area contributed by atoms with Gasteiger partial charge in [-0.05, 0) is 40.5 Å². The Kier molecular flexibility index (Phi) is 6.47. The lowest BCUT2D eigenvalue weighted by molar-refractivity contribution is -0.144. The minimum atomic E-state index is -0.926. The molecule has 0 saturated heterocycles. The van der Waals surface area contributed by atoms with E-state index in [2.05, 4.69) is 15.5 Å². The van der Waals surface area contributed by atoms with E-state index in [0.29, 0.717) is 23.9 Å². The SMILES string of the molecule is CCn1c(SCCCC(C)(NC(C)C)C(=O)O)n[nH]c1=O. The van der Waals surface area contributed by atoms with Gasteiger partial charge in [-0.1, -0.05) is 11.8 Å². The Morgan fingerprint density at radius 3 is 2.76 bits per heavy atom. The number of carboxylic acid groups (broad SMARTS) is 1. The Labute approximate surface area is 128 Å². The average Bonchev–Trinajstić information content (AvgIpc) is 2.74. The van der Waals surface area contributed by atoms with Gasteiger partial charge in [0.05, 0.1) is 0 Å². The Morgan fingerprint density at radius 2 is 2.24 bits per heavy atom. The number of carbonyl (C=O) groups is 1. The fourth-order valence-electron chi connectivity index (χ4n) is 2.16. The smallest absolute Gasteiger partial charge is 0.343 e. The Bertz CT molecular complexity index is 526. The van der Waals surface area contributed by atoms with Crippen molar-refractivity contribution in [2.24, 2.45) is 0 Å². The van der Waals surface area contributed by atoms with Gasteiger partial charge in [-0.2, -0.15) is 0 Å².